The summed E-state index contributed by atoms with van der Waals surface area (Å²) in [6.45, 7) is 1.63. The van der Waals surface area contributed by atoms with Crippen LogP contribution in [-0.2, 0) is 0 Å². The molecule has 1 aromatic rings. The standard InChI is InChI=1S/C7H5N3O2/c1-5-2-3-9-7(10(11)12)6(5)4-8/h2-3H,1H3. The molecule has 0 aromatic carbocycles. The van der Waals surface area contributed by atoms with Gasteiger partial charge in [0.25, 0.3) is 0 Å². The van der Waals surface area contributed by atoms with Gasteiger partial charge in [-0.25, -0.2) is 0 Å². The van der Waals surface area contributed by atoms with E-state index in [1.807, 2.05) is 0 Å². The van der Waals surface area contributed by atoms with Gasteiger partial charge in [-0.2, -0.15) is 5.26 Å². The van der Waals surface area contributed by atoms with Crippen molar-refractivity contribution >= 4 is 5.82 Å². The molecule has 0 aliphatic carbocycles. The van der Waals surface area contributed by atoms with Crippen LogP contribution in [0, 0.1) is 28.4 Å². The minimum atomic E-state index is -0.661. The van der Waals surface area contributed by atoms with Gasteiger partial charge in [-0.15, -0.1) is 0 Å². The lowest BCUT2D eigenvalue weighted by Gasteiger charge is -1.95. The first kappa shape index (κ1) is 8.14. The van der Waals surface area contributed by atoms with Gasteiger partial charge in [0.2, 0.25) is 0 Å². The van der Waals surface area contributed by atoms with Gasteiger partial charge in [-0.1, -0.05) is 0 Å². The lowest BCUT2D eigenvalue weighted by molar-refractivity contribution is -0.389. The number of nitrogens with zero attached hydrogens (tertiary/aromatic N) is 3. The van der Waals surface area contributed by atoms with Crippen LogP contribution in [-0.4, -0.2) is 9.91 Å². The van der Waals surface area contributed by atoms with Crippen molar-refractivity contribution in [1.82, 2.24) is 4.98 Å². The molecule has 0 radical (unpaired) electrons. The molecule has 0 unspecified atom stereocenters. The molecule has 1 heterocycles. The van der Waals surface area contributed by atoms with Gasteiger partial charge in [0.05, 0.1) is 0 Å². The lowest BCUT2D eigenvalue weighted by atomic mass is 10.2. The predicted octanol–water partition coefficient (Wildman–Crippen LogP) is 1.17. The van der Waals surface area contributed by atoms with E-state index in [2.05, 4.69) is 4.98 Å². The molecule has 0 amide bonds. The Hall–Kier alpha value is -1.96. The summed E-state index contributed by atoms with van der Waals surface area (Å²) < 4.78 is 0. The third-order valence-electron chi connectivity index (χ3n) is 1.42. The summed E-state index contributed by atoms with van der Waals surface area (Å²) in [4.78, 5) is 13.2. The highest BCUT2D eigenvalue weighted by molar-refractivity contribution is 5.47. The molecule has 60 valence electrons. The second kappa shape index (κ2) is 2.96. The first-order chi connectivity index (χ1) is 5.66. The van der Waals surface area contributed by atoms with Crippen molar-refractivity contribution in [1.29, 1.82) is 5.26 Å². The number of hydrogen-bond acceptors (Lipinski definition) is 4. The monoisotopic (exact) mass is 163 g/mol. The lowest BCUT2D eigenvalue weighted by Crippen LogP contribution is -1.97. The van der Waals surface area contributed by atoms with Gasteiger partial charge in [-0.05, 0) is 28.5 Å². The van der Waals surface area contributed by atoms with E-state index in [1.54, 1.807) is 19.1 Å². The normalized spacial score (nSPS) is 9.00. The molecule has 12 heavy (non-hydrogen) atoms. The van der Waals surface area contributed by atoms with Gasteiger partial charge in [0, 0.05) is 0 Å². The molecule has 0 saturated heterocycles. The Bertz CT molecular complexity index is 367. The van der Waals surface area contributed by atoms with Gasteiger partial charge in [0.15, 0.2) is 5.56 Å². The fraction of sp³-hybridized carbons (Fsp3) is 0.143. The van der Waals surface area contributed by atoms with Gasteiger partial charge in [-0.3, -0.25) is 0 Å². The summed E-state index contributed by atoms with van der Waals surface area (Å²) in [6.07, 6.45) is 1.31. The van der Waals surface area contributed by atoms with E-state index >= 15 is 0 Å². The maximum absolute atomic E-state index is 10.3. The molecule has 0 saturated carbocycles. The average Bonchev–Trinajstić information content (AvgIpc) is 2.03. The van der Waals surface area contributed by atoms with E-state index < -0.39 is 4.92 Å². The first-order valence-electron chi connectivity index (χ1n) is 3.17. The fourth-order valence-electron chi connectivity index (χ4n) is 0.821. The fourth-order valence-corrected chi connectivity index (χ4v) is 0.821. The molecule has 0 aliphatic heterocycles. The van der Waals surface area contributed by atoms with Gasteiger partial charge in [0.1, 0.15) is 12.3 Å². The quantitative estimate of drug-likeness (QED) is 0.459. The van der Waals surface area contributed by atoms with E-state index in [0.717, 1.165) is 0 Å². The molecule has 5 nitrogen and oxygen atoms in total. The zero-order valence-electron chi connectivity index (χ0n) is 6.31. The van der Waals surface area contributed by atoms with Crippen molar-refractivity contribution in [2.45, 2.75) is 6.92 Å². The number of aromatic nitrogens is 1. The van der Waals surface area contributed by atoms with Crippen LogP contribution in [0.3, 0.4) is 0 Å². The highest BCUT2D eigenvalue weighted by atomic mass is 16.6. The minimum Gasteiger partial charge on any atom is -0.358 e. The number of pyridine rings is 1. The molecule has 5 heteroatoms. The zero-order chi connectivity index (χ0) is 9.14. The minimum absolute atomic E-state index is 0.0301. The molecule has 1 aromatic heterocycles. The van der Waals surface area contributed by atoms with Crippen LogP contribution in [0.5, 0.6) is 0 Å². The summed E-state index contributed by atoms with van der Waals surface area (Å²) >= 11 is 0. The van der Waals surface area contributed by atoms with Crippen LogP contribution in [0.2, 0.25) is 0 Å². The molecular weight excluding hydrogens is 158 g/mol. The van der Waals surface area contributed by atoms with E-state index in [1.165, 1.54) is 6.20 Å². The molecule has 0 bridgehead atoms. The maximum Gasteiger partial charge on any atom is 0.381 e. The van der Waals surface area contributed by atoms with Crippen molar-refractivity contribution in [3.63, 3.8) is 0 Å². The molecule has 0 aliphatic rings. The Morgan fingerprint density at radius 2 is 2.42 bits per heavy atom. The van der Waals surface area contributed by atoms with Crippen molar-refractivity contribution < 1.29 is 4.92 Å². The van der Waals surface area contributed by atoms with Crippen LogP contribution in [0.1, 0.15) is 11.1 Å². The van der Waals surface area contributed by atoms with Crippen molar-refractivity contribution in [3.05, 3.63) is 33.5 Å². The summed E-state index contributed by atoms with van der Waals surface area (Å²) in [5.74, 6) is -0.377. The van der Waals surface area contributed by atoms with Crippen molar-refractivity contribution in [3.8, 4) is 6.07 Å². The largest absolute Gasteiger partial charge is 0.381 e. The van der Waals surface area contributed by atoms with E-state index in [9.17, 15) is 10.1 Å². The molecule has 0 fully saturated rings. The number of aryl methyl sites for hydroxylation is 1. The van der Waals surface area contributed by atoms with Crippen LogP contribution in [0.25, 0.3) is 0 Å². The van der Waals surface area contributed by atoms with Gasteiger partial charge >= 0.3 is 5.82 Å². The third-order valence-corrected chi connectivity index (χ3v) is 1.42. The molecule has 1 rings (SSSR count). The SMILES string of the molecule is Cc1ccnc([N+](=O)[O-])c1C#N. The van der Waals surface area contributed by atoms with Crippen LogP contribution < -0.4 is 0 Å². The van der Waals surface area contributed by atoms with Gasteiger partial charge < -0.3 is 10.1 Å². The second-order valence-corrected chi connectivity index (χ2v) is 2.20. The number of hydrogen-bond donors (Lipinski definition) is 0. The smallest absolute Gasteiger partial charge is 0.358 e. The zero-order valence-corrected chi connectivity index (χ0v) is 6.31. The number of nitriles is 1. The number of rotatable bonds is 1. The van der Waals surface area contributed by atoms with E-state index in [0.29, 0.717) is 5.56 Å². The molecular formula is C7H5N3O2. The molecule has 0 N–H and O–H groups in total. The maximum atomic E-state index is 10.3. The van der Waals surface area contributed by atoms with Crippen molar-refractivity contribution in [2.24, 2.45) is 0 Å². The first-order valence-corrected chi connectivity index (χ1v) is 3.17. The average molecular weight is 163 g/mol. The van der Waals surface area contributed by atoms with Crippen LogP contribution >= 0.6 is 0 Å². The van der Waals surface area contributed by atoms with Crippen LogP contribution in [0.15, 0.2) is 12.3 Å². The van der Waals surface area contributed by atoms with E-state index in [-0.39, 0.29) is 11.4 Å². The summed E-state index contributed by atoms with van der Waals surface area (Å²) in [5.41, 5.74) is 0.599. The Morgan fingerprint density at radius 1 is 1.75 bits per heavy atom. The molecule has 0 atom stereocenters. The Balaban J connectivity index is 3.40. The summed E-state index contributed by atoms with van der Waals surface area (Å²) in [7, 11) is 0. The third kappa shape index (κ3) is 1.22. The Morgan fingerprint density at radius 3 is 2.83 bits per heavy atom. The molecule has 0 spiro atoms. The Labute approximate surface area is 68.4 Å². The van der Waals surface area contributed by atoms with E-state index in [4.69, 9.17) is 5.26 Å². The highest BCUT2D eigenvalue weighted by Crippen LogP contribution is 2.16. The number of nitro groups is 1. The highest BCUT2D eigenvalue weighted by Gasteiger charge is 2.15. The topological polar surface area (TPSA) is 79.8 Å². The summed E-state index contributed by atoms with van der Waals surface area (Å²) in [5, 5.41) is 18.9. The second-order valence-electron chi connectivity index (χ2n) is 2.20. The van der Waals surface area contributed by atoms with Crippen molar-refractivity contribution in [2.75, 3.05) is 0 Å². The summed E-state index contributed by atoms with van der Waals surface area (Å²) in [6, 6.07) is 3.30. The van der Waals surface area contributed by atoms with Crippen LogP contribution in [0.4, 0.5) is 5.82 Å². The Kier molecular flexibility index (Phi) is 2.01. The predicted molar refractivity (Wildman–Crippen MR) is 40.3 cm³/mol.